The van der Waals surface area contributed by atoms with Crippen LogP contribution in [0.5, 0.6) is 5.75 Å². The van der Waals surface area contributed by atoms with Gasteiger partial charge in [0.2, 0.25) is 0 Å². The molecule has 1 unspecified atom stereocenters. The highest BCUT2D eigenvalue weighted by atomic mass is 16.5. The number of nitrogens with zero attached hydrogens (tertiary/aromatic N) is 1. The van der Waals surface area contributed by atoms with E-state index in [0.29, 0.717) is 19.8 Å². The highest BCUT2D eigenvalue weighted by molar-refractivity contribution is 5.30. The first-order valence-electron chi connectivity index (χ1n) is 7.59. The van der Waals surface area contributed by atoms with Gasteiger partial charge in [-0.3, -0.25) is 4.98 Å². The van der Waals surface area contributed by atoms with Crippen LogP contribution in [-0.2, 0) is 15.9 Å². The quantitative estimate of drug-likeness (QED) is 0.633. The summed E-state index contributed by atoms with van der Waals surface area (Å²) >= 11 is 0. The molecule has 0 aliphatic heterocycles. The van der Waals surface area contributed by atoms with Crippen molar-refractivity contribution in [2.75, 3.05) is 33.5 Å². The topological polar surface area (TPSA) is 66.6 Å². The first-order chi connectivity index (χ1) is 10.2. The summed E-state index contributed by atoms with van der Waals surface area (Å²) in [7, 11) is 1.69. The molecule has 0 amide bonds. The molecular weight excluding hydrogens is 268 g/mol. The molecule has 120 valence electrons. The number of rotatable bonds is 11. The average Bonchev–Trinajstić information content (AvgIpc) is 2.48. The Hall–Kier alpha value is -1.17. The minimum absolute atomic E-state index is 0.118. The van der Waals surface area contributed by atoms with Crippen LogP contribution < -0.4 is 10.5 Å². The zero-order chi connectivity index (χ0) is 15.5. The maximum Gasteiger partial charge on any atom is 0.140 e. The molecule has 0 bridgehead atoms. The Kier molecular flexibility index (Phi) is 8.98. The van der Waals surface area contributed by atoms with E-state index in [1.807, 2.05) is 19.1 Å². The molecule has 0 fully saturated rings. The molecule has 1 heterocycles. The normalized spacial score (nSPS) is 12.4. The van der Waals surface area contributed by atoms with Gasteiger partial charge in [0.1, 0.15) is 12.4 Å². The van der Waals surface area contributed by atoms with E-state index in [4.69, 9.17) is 19.9 Å². The standard InChI is InChI=1S/C16H28N2O3/c1-4-14(17)12-15-16(7-6-13(2)18-15)21-11-10-20-9-5-8-19-3/h6-7,14H,4-5,8-12,17H2,1-3H3. The van der Waals surface area contributed by atoms with E-state index in [0.717, 1.165) is 43.0 Å². The Morgan fingerprint density at radius 1 is 1.19 bits per heavy atom. The highest BCUT2D eigenvalue weighted by Gasteiger charge is 2.10. The third kappa shape index (κ3) is 7.41. The summed E-state index contributed by atoms with van der Waals surface area (Å²) in [5, 5.41) is 0. The molecule has 5 heteroatoms. The zero-order valence-corrected chi connectivity index (χ0v) is 13.4. The lowest BCUT2D eigenvalue weighted by Gasteiger charge is -2.14. The number of hydrogen-bond acceptors (Lipinski definition) is 5. The van der Waals surface area contributed by atoms with Gasteiger partial charge in [-0.25, -0.2) is 0 Å². The van der Waals surface area contributed by atoms with Crippen molar-refractivity contribution in [3.05, 3.63) is 23.5 Å². The smallest absolute Gasteiger partial charge is 0.140 e. The van der Waals surface area contributed by atoms with Crippen LogP contribution in [0, 0.1) is 6.92 Å². The van der Waals surface area contributed by atoms with Gasteiger partial charge in [-0.05, 0) is 31.9 Å². The molecule has 21 heavy (non-hydrogen) atoms. The monoisotopic (exact) mass is 296 g/mol. The molecule has 1 atom stereocenters. The molecule has 0 spiro atoms. The fraction of sp³-hybridized carbons (Fsp3) is 0.688. The van der Waals surface area contributed by atoms with Crippen molar-refractivity contribution >= 4 is 0 Å². The summed E-state index contributed by atoms with van der Waals surface area (Å²) in [5.41, 5.74) is 7.93. The first kappa shape index (κ1) is 17.9. The van der Waals surface area contributed by atoms with E-state index in [-0.39, 0.29) is 6.04 Å². The minimum atomic E-state index is 0.118. The Bertz CT molecular complexity index is 399. The lowest BCUT2D eigenvalue weighted by atomic mass is 10.1. The van der Waals surface area contributed by atoms with Crippen molar-refractivity contribution < 1.29 is 14.2 Å². The van der Waals surface area contributed by atoms with Gasteiger partial charge in [0.15, 0.2) is 0 Å². The number of ether oxygens (including phenoxy) is 3. The molecule has 5 nitrogen and oxygen atoms in total. The van der Waals surface area contributed by atoms with Gasteiger partial charge in [-0.2, -0.15) is 0 Å². The van der Waals surface area contributed by atoms with Gasteiger partial charge >= 0.3 is 0 Å². The Morgan fingerprint density at radius 3 is 2.71 bits per heavy atom. The van der Waals surface area contributed by atoms with E-state index in [1.165, 1.54) is 0 Å². The number of nitrogens with two attached hydrogens (primary N) is 1. The second kappa shape index (κ2) is 10.5. The molecule has 0 saturated carbocycles. The number of pyridine rings is 1. The van der Waals surface area contributed by atoms with Crippen molar-refractivity contribution in [3.63, 3.8) is 0 Å². The summed E-state index contributed by atoms with van der Waals surface area (Å²) in [6.45, 7) is 6.56. The third-order valence-electron chi connectivity index (χ3n) is 3.17. The average molecular weight is 296 g/mol. The van der Waals surface area contributed by atoms with Crippen LogP contribution in [0.1, 0.15) is 31.2 Å². The summed E-state index contributed by atoms with van der Waals surface area (Å²) in [4.78, 5) is 4.54. The fourth-order valence-electron chi connectivity index (χ4n) is 1.89. The number of methoxy groups -OCH3 is 1. The van der Waals surface area contributed by atoms with Crippen molar-refractivity contribution in [2.45, 2.75) is 39.2 Å². The van der Waals surface area contributed by atoms with Crippen molar-refractivity contribution in [3.8, 4) is 5.75 Å². The molecule has 0 radical (unpaired) electrons. The Morgan fingerprint density at radius 2 is 2.00 bits per heavy atom. The van der Waals surface area contributed by atoms with Gasteiger partial charge < -0.3 is 19.9 Å². The van der Waals surface area contributed by atoms with Crippen molar-refractivity contribution in [1.29, 1.82) is 0 Å². The first-order valence-corrected chi connectivity index (χ1v) is 7.59. The van der Waals surface area contributed by atoms with Crippen molar-refractivity contribution in [2.24, 2.45) is 5.73 Å². The van der Waals surface area contributed by atoms with E-state index in [2.05, 4.69) is 11.9 Å². The van der Waals surface area contributed by atoms with Crippen LogP contribution in [-0.4, -0.2) is 44.6 Å². The number of aromatic nitrogens is 1. The Labute approximate surface area is 127 Å². The van der Waals surface area contributed by atoms with Crippen LogP contribution in [0.15, 0.2) is 12.1 Å². The summed E-state index contributed by atoms with van der Waals surface area (Å²) in [5.74, 6) is 0.810. The largest absolute Gasteiger partial charge is 0.489 e. The van der Waals surface area contributed by atoms with Gasteiger partial charge in [0.05, 0.1) is 12.3 Å². The summed E-state index contributed by atoms with van der Waals surface area (Å²) < 4.78 is 16.2. The molecule has 1 rings (SSSR count). The van der Waals surface area contributed by atoms with Gasteiger partial charge in [0, 0.05) is 38.5 Å². The van der Waals surface area contributed by atoms with E-state index in [9.17, 15) is 0 Å². The van der Waals surface area contributed by atoms with E-state index < -0.39 is 0 Å². The van der Waals surface area contributed by atoms with E-state index in [1.54, 1.807) is 7.11 Å². The molecule has 0 aromatic carbocycles. The molecule has 0 aliphatic rings. The van der Waals surface area contributed by atoms with Crippen LogP contribution in [0.25, 0.3) is 0 Å². The maximum atomic E-state index is 6.01. The maximum absolute atomic E-state index is 6.01. The van der Waals surface area contributed by atoms with Crippen LogP contribution in [0.4, 0.5) is 0 Å². The van der Waals surface area contributed by atoms with Crippen LogP contribution in [0.3, 0.4) is 0 Å². The van der Waals surface area contributed by atoms with Crippen LogP contribution >= 0.6 is 0 Å². The SMILES string of the molecule is CCC(N)Cc1nc(C)ccc1OCCOCCCOC. The molecule has 1 aromatic rings. The molecular formula is C16H28N2O3. The van der Waals surface area contributed by atoms with Gasteiger partial charge in [-0.15, -0.1) is 0 Å². The number of aryl methyl sites for hydroxylation is 1. The van der Waals surface area contributed by atoms with Gasteiger partial charge in [-0.1, -0.05) is 6.92 Å². The molecule has 0 saturated heterocycles. The zero-order valence-electron chi connectivity index (χ0n) is 13.4. The fourth-order valence-corrected chi connectivity index (χ4v) is 1.89. The lowest BCUT2D eigenvalue weighted by molar-refractivity contribution is 0.0803. The molecule has 0 aliphatic carbocycles. The summed E-state index contributed by atoms with van der Waals surface area (Å²) in [6.07, 6.45) is 2.57. The minimum Gasteiger partial charge on any atom is -0.489 e. The summed E-state index contributed by atoms with van der Waals surface area (Å²) in [6, 6.07) is 4.03. The predicted octanol–water partition coefficient (Wildman–Crippen LogP) is 2.10. The molecule has 2 N–H and O–H groups in total. The van der Waals surface area contributed by atoms with Crippen molar-refractivity contribution in [1.82, 2.24) is 4.98 Å². The van der Waals surface area contributed by atoms with Gasteiger partial charge in [0.25, 0.3) is 0 Å². The second-order valence-corrected chi connectivity index (χ2v) is 5.08. The van der Waals surface area contributed by atoms with E-state index >= 15 is 0 Å². The lowest BCUT2D eigenvalue weighted by Crippen LogP contribution is -2.22. The highest BCUT2D eigenvalue weighted by Crippen LogP contribution is 2.18. The Balaban J connectivity index is 2.39. The molecule has 1 aromatic heterocycles. The predicted molar refractivity (Wildman–Crippen MR) is 83.8 cm³/mol. The second-order valence-electron chi connectivity index (χ2n) is 5.08. The van der Waals surface area contributed by atoms with Crippen LogP contribution in [0.2, 0.25) is 0 Å². The number of hydrogen-bond donors (Lipinski definition) is 1. The third-order valence-corrected chi connectivity index (χ3v) is 3.17.